The van der Waals surface area contributed by atoms with Crippen molar-refractivity contribution in [1.29, 1.82) is 0 Å². The fourth-order valence-corrected chi connectivity index (χ4v) is 4.08. The topological polar surface area (TPSA) is 60.9 Å². The molecule has 0 aliphatic carbocycles. The fourth-order valence-electron chi connectivity index (χ4n) is 3.14. The summed E-state index contributed by atoms with van der Waals surface area (Å²) >= 11 is 1.46. The van der Waals surface area contributed by atoms with Crippen LogP contribution in [0.25, 0.3) is 11.0 Å². The molecule has 4 aromatic rings. The van der Waals surface area contributed by atoms with Crippen LogP contribution < -0.4 is 0 Å². The van der Waals surface area contributed by atoms with E-state index in [1.165, 1.54) is 11.8 Å². The Kier molecular flexibility index (Phi) is 4.81. The van der Waals surface area contributed by atoms with Gasteiger partial charge < -0.3 is 8.98 Å². The maximum atomic E-state index is 12.4. The van der Waals surface area contributed by atoms with Crippen LogP contribution in [-0.2, 0) is 6.54 Å². The van der Waals surface area contributed by atoms with Gasteiger partial charge in [-0.3, -0.25) is 4.79 Å². The highest BCUT2D eigenvalue weighted by molar-refractivity contribution is 8.00. The molecule has 0 bridgehead atoms. The average Bonchev–Trinajstić information content (AvgIpc) is 3.30. The second kappa shape index (κ2) is 7.40. The van der Waals surface area contributed by atoms with Gasteiger partial charge in [0.2, 0.25) is 0 Å². The molecule has 0 saturated carbocycles. The van der Waals surface area contributed by atoms with Crippen LogP contribution in [0.4, 0.5) is 0 Å². The number of carbonyl (C=O) groups excluding carboxylic acids is 1. The van der Waals surface area contributed by atoms with Gasteiger partial charge in [0.15, 0.2) is 5.78 Å². The molecule has 4 rings (SSSR count). The summed E-state index contributed by atoms with van der Waals surface area (Å²) in [5.74, 6) is 1.32. The van der Waals surface area contributed by atoms with Crippen LogP contribution in [0.2, 0.25) is 0 Å². The number of Topliss-reactive ketones (excluding diaryl/α,β-unsaturated/α-hetero) is 1. The summed E-state index contributed by atoms with van der Waals surface area (Å²) in [5, 5.41) is 1.84. The summed E-state index contributed by atoms with van der Waals surface area (Å²) in [5.41, 5.74) is 3.84. The summed E-state index contributed by atoms with van der Waals surface area (Å²) in [6, 6.07) is 13.2. The van der Waals surface area contributed by atoms with Gasteiger partial charge in [0, 0.05) is 11.3 Å². The third kappa shape index (κ3) is 3.40. The van der Waals surface area contributed by atoms with E-state index in [4.69, 9.17) is 4.42 Å². The molecule has 136 valence electrons. The first-order chi connectivity index (χ1) is 13.1. The Labute approximate surface area is 161 Å². The number of rotatable bonds is 6. The van der Waals surface area contributed by atoms with Crippen LogP contribution >= 0.6 is 11.8 Å². The molecule has 0 fully saturated rings. The van der Waals surface area contributed by atoms with E-state index < -0.39 is 0 Å². The molecule has 0 N–H and O–H groups in total. The molecule has 0 spiro atoms. The lowest BCUT2D eigenvalue weighted by Crippen LogP contribution is -2.03. The monoisotopic (exact) mass is 377 g/mol. The van der Waals surface area contributed by atoms with Gasteiger partial charge >= 0.3 is 0 Å². The lowest BCUT2D eigenvalue weighted by molar-refractivity contribution is 0.102. The van der Waals surface area contributed by atoms with E-state index in [9.17, 15) is 4.79 Å². The van der Waals surface area contributed by atoms with Crippen LogP contribution in [0.1, 0.15) is 27.4 Å². The number of fused-ring (bicyclic) bond motifs is 1. The smallest absolute Gasteiger partial charge is 0.173 e. The van der Waals surface area contributed by atoms with Crippen LogP contribution in [0.15, 0.2) is 64.5 Å². The zero-order chi connectivity index (χ0) is 18.8. The van der Waals surface area contributed by atoms with Crippen molar-refractivity contribution in [3.63, 3.8) is 0 Å². The van der Waals surface area contributed by atoms with Crippen molar-refractivity contribution in [3.8, 4) is 0 Å². The summed E-state index contributed by atoms with van der Waals surface area (Å²) in [7, 11) is 0. The van der Waals surface area contributed by atoms with Gasteiger partial charge in [-0.25, -0.2) is 9.97 Å². The van der Waals surface area contributed by atoms with Gasteiger partial charge in [0.25, 0.3) is 0 Å². The van der Waals surface area contributed by atoms with E-state index in [0.717, 1.165) is 38.6 Å². The van der Waals surface area contributed by atoms with Crippen LogP contribution in [0, 0.1) is 13.8 Å². The van der Waals surface area contributed by atoms with Gasteiger partial charge in [0.1, 0.15) is 22.8 Å². The van der Waals surface area contributed by atoms with E-state index in [1.54, 1.807) is 12.6 Å². The van der Waals surface area contributed by atoms with Gasteiger partial charge in [-0.1, -0.05) is 42.1 Å². The average molecular weight is 377 g/mol. The number of benzene rings is 1. The number of hydrogen-bond acceptors (Lipinski definition) is 5. The molecule has 0 aliphatic rings. The second-order valence-electron chi connectivity index (χ2n) is 6.33. The SMILES string of the molecule is Cc1c(C)n(Cc2ccco2)c2ncnc(SCC(=O)c3ccccc3)c12. The molecule has 1 aromatic carbocycles. The predicted octanol–water partition coefficient (Wildman–Crippen LogP) is 4.66. The highest BCUT2D eigenvalue weighted by atomic mass is 32.2. The number of aromatic nitrogens is 3. The molecule has 0 saturated heterocycles. The van der Waals surface area contributed by atoms with Gasteiger partial charge in [-0.15, -0.1) is 0 Å². The minimum absolute atomic E-state index is 0.0942. The molecule has 3 aromatic heterocycles. The first-order valence-corrected chi connectivity index (χ1v) is 9.67. The number of aryl methyl sites for hydroxylation is 1. The van der Waals surface area contributed by atoms with Crippen LogP contribution in [0.5, 0.6) is 0 Å². The van der Waals surface area contributed by atoms with Crippen LogP contribution in [0.3, 0.4) is 0 Å². The highest BCUT2D eigenvalue weighted by Crippen LogP contribution is 2.32. The molecule has 3 heterocycles. The third-order valence-corrected chi connectivity index (χ3v) is 5.69. The maximum Gasteiger partial charge on any atom is 0.173 e. The zero-order valence-electron chi connectivity index (χ0n) is 15.2. The molecule has 6 heteroatoms. The molecular formula is C21H19N3O2S. The number of carbonyl (C=O) groups is 1. The molecule has 27 heavy (non-hydrogen) atoms. The van der Waals surface area contributed by atoms with Gasteiger partial charge in [-0.2, -0.15) is 0 Å². The van der Waals surface area contributed by atoms with Crippen molar-refractivity contribution >= 4 is 28.6 Å². The zero-order valence-corrected chi connectivity index (χ0v) is 16.0. The largest absolute Gasteiger partial charge is 0.467 e. The second-order valence-corrected chi connectivity index (χ2v) is 7.30. The standard InChI is InChI=1S/C21H19N3O2S/c1-14-15(2)24(11-17-9-6-10-26-17)20-19(14)21(23-13-22-20)27-12-18(25)16-7-4-3-5-8-16/h3-10,13H,11-12H2,1-2H3. The van der Waals surface area contributed by atoms with E-state index in [2.05, 4.69) is 28.4 Å². The number of thioether (sulfide) groups is 1. The Morgan fingerprint density at radius 2 is 1.93 bits per heavy atom. The number of hydrogen-bond donors (Lipinski definition) is 0. The van der Waals surface area contributed by atoms with Crippen molar-refractivity contribution in [2.75, 3.05) is 5.75 Å². The molecule has 0 aliphatic heterocycles. The van der Waals surface area contributed by atoms with Crippen molar-refractivity contribution in [3.05, 3.63) is 77.6 Å². The molecule has 0 radical (unpaired) electrons. The summed E-state index contributed by atoms with van der Waals surface area (Å²) in [6.45, 7) is 4.76. The summed E-state index contributed by atoms with van der Waals surface area (Å²) in [4.78, 5) is 21.4. The summed E-state index contributed by atoms with van der Waals surface area (Å²) < 4.78 is 7.63. The Balaban J connectivity index is 1.65. The van der Waals surface area contributed by atoms with Crippen molar-refractivity contribution in [2.24, 2.45) is 0 Å². The normalized spacial score (nSPS) is 11.2. The van der Waals surface area contributed by atoms with E-state index in [0.29, 0.717) is 12.3 Å². The molecule has 0 amide bonds. The Morgan fingerprint density at radius 1 is 1.11 bits per heavy atom. The molecule has 0 atom stereocenters. The predicted molar refractivity (Wildman–Crippen MR) is 106 cm³/mol. The lowest BCUT2D eigenvalue weighted by atomic mass is 10.2. The van der Waals surface area contributed by atoms with Crippen LogP contribution in [-0.4, -0.2) is 26.1 Å². The molecular weight excluding hydrogens is 358 g/mol. The molecule has 0 unspecified atom stereocenters. The Hall–Kier alpha value is -2.86. The Bertz CT molecular complexity index is 1090. The van der Waals surface area contributed by atoms with E-state index in [-0.39, 0.29) is 5.78 Å². The van der Waals surface area contributed by atoms with Crippen molar-refractivity contribution < 1.29 is 9.21 Å². The van der Waals surface area contributed by atoms with Gasteiger partial charge in [-0.05, 0) is 31.5 Å². The third-order valence-electron chi connectivity index (χ3n) is 4.70. The number of furan rings is 1. The van der Waals surface area contributed by atoms with E-state index in [1.807, 2.05) is 42.5 Å². The minimum atomic E-state index is 0.0942. The fraction of sp³-hybridized carbons (Fsp3) is 0.190. The Morgan fingerprint density at radius 3 is 2.67 bits per heavy atom. The lowest BCUT2D eigenvalue weighted by Gasteiger charge is -2.06. The molecule has 5 nitrogen and oxygen atoms in total. The van der Waals surface area contributed by atoms with Gasteiger partial charge in [0.05, 0.1) is 23.9 Å². The van der Waals surface area contributed by atoms with Crippen molar-refractivity contribution in [1.82, 2.24) is 14.5 Å². The number of ketones is 1. The minimum Gasteiger partial charge on any atom is -0.467 e. The first-order valence-electron chi connectivity index (χ1n) is 8.69. The maximum absolute atomic E-state index is 12.4. The first kappa shape index (κ1) is 17.5. The van der Waals surface area contributed by atoms with E-state index >= 15 is 0 Å². The number of nitrogens with zero attached hydrogens (tertiary/aromatic N) is 3. The summed E-state index contributed by atoms with van der Waals surface area (Å²) in [6.07, 6.45) is 3.24. The highest BCUT2D eigenvalue weighted by Gasteiger charge is 2.18. The quantitative estimate of drug-likeness (QED) is 0.278. The van der Waals surface area contributed by atoms with Crippen molar-refractivity contribution in [2.45, 2.75) is 25.4 Å².